The van der Waals surface area contributed by atoms with Gasteiger partial charge in [-0.15, -0.1) is 0 Å². The number of carbonyl (C=O) groups is 2. The Balaban J connectivity index is 1.92. The monoisotopic (exact) mass is 340 g/mol. The summed E-state index contributed by atoms with van der Waals surface area (Å²) in [5.74, 6) is 0.0165. The number of nitrogens with two attached hydrogens (primary N) is 1. The number of anilines is 1. The third-order valence-corrected chi connectivity index (χ3v) is 4.49. The maximum atomic E-state index is 11.9. The highest BCUT2D eigenvalue weighted by Crippen LogP contribution is 2.15. The van der Waals surface area contributed by atoms with Crippen LogP contribution in [0.3, 0.4) is 0 Å². The molecule has 0 bridgehead atoms. The maximum Gasteiger partial charge on any atom is 0.319 e. The number of primary sulfonamides is 1. The van der Waals surface area contributed by atoms with Gasteiger partial charge in [-0.3, -0.25) is 4.79 Å². The summed E-state index contributed by atoms with van der Waals surface area (Å²) in [4.78, 5) is 25.4. The van der Waals surface area contributed by atoms with Crippen molar-refractivity contribution in [3.05, 3.63) is 24.3 Å². The predicted octanol–water partition coefficient (Wildman–Crippen LogP) is 0.465. The average molecular weight is 340 g/mol. The van der Waals surface area contributed by atoms with Crippen molar-refractivity contribution in [2.75, 3.05) is 11.9 Å². The molecule has 1 aliphatic heterocycles. The summed E-state index contributed by atoms with van der Waals surface area (Å²) in [6, 6.07) is 4.92. The molecule has 1 saturated heterocycles. The van der Waals surface area contributed by atoms with Crippen molar-refractivity contribution in [2.24, 2.45) is 5.14 Å². The van der Waals surface area contributed by atoms with Gasteiger partial charge in [0.05, 0.1) is 10.9 Å². The average Bonchev–Trinajstić information content (AvgIpc) is 2.79. The van der Waals surface area contributed by atoms with Crippen LogP contribution in [0.4, 0.5) is 10.5 Å². The number of benzene rings is 1. The van der Waals surface area contributed by atoms with Gasteiger partial charge in [0, 0.05) is 24.7 Å². The Morgan fingerprint density at radius 3 is 2.39 bits per heavy atom. The smallest absolute Gasteiger partial charge is 0.319 e. The normalized spacial score (nSPS) is 18.3. The quantitative estimate of drug-likeness (QED) is 0.737. The molecule has 1 heterocycles. The van der Waals surface area contributed by atoms with Crippen molar-refractivity contribution < 1.29 is 18.0 Å². The number of rotatable bonds is 4. The highest BCUT2D eigenvalue weighted by Gasteiger charge is 2.31. The molecule has 1 fully saturated rings. The number of amides is 3. The zero-order valence-electron chi connectivity index (χ0n) is 12.9. The molecule has 1 atom stereocenters. The minimum atomic E-state index is -3.76. The molecule has 2 rings (SSSR count). The van der Waals surface area contributed by atoms with E-state index < -0.39 is 16.1 Å². The Morgan fingerprint density at radius 1 is 1.30 bits per heavy atom. The molecule has 0 spiro atoms. The molecular formula is C14H20N4O4S. The lowest BCUT2D eigenvalue weighted by Crippen LogP contribution is -2.40. The molecular weight excluding hydrogens is 320 g/mol. The number of hydrogen-bond donors (Lipinski definition) is 3. The van der Waals surface area contributed by atoms with Crippen molar-refractivity contribution in [3.8, 4) is 0 Å². The van der Waals surface area contributed by atoms with E-state index in [-0.39, 0.29) is 29.3 Å². The Kier molecular flexibility index (Phi) is 4.90. The summed E-state index contributed by atoms with van der Waals surface area (Å²) in [7, 11) is -3.76. The van der Waals surface area contributed by atoms with Gasteiger partial charge < -0.3 is 15.5 Å². The summed E-state index contributed by atoms with van der Waals surface area (Å²) in [5, 5.41) is 10.3. The van der Waals surface area contributed by atoms with Crippen LogP contribution in [0.1, 0.15) is 20.3 Å². The van der Waals surface area contributed by atoms with Gasteiger partial charge >= 0.3 is 6.03 Å². The van der Waals surface area contributed by atoms with E-state index in [4.69, 9.17) is 5.14 Å². The fourth-order valence-electron chi connectivity index (χ4n) is 2.41. The number of likely N-dealkylation sites (tertiary alicyclic amines) is 1. The first kappa shape index (κ1) is 17.2. The Bertz CT molecular complexity index is 700. The third kappa shape index (κ3) is 4.42. The minimum absolute atomic E-state index is 0.0165. The summed E-state index contributed by atoms with van der Waals surface area (Å²) in [5.41, 5.74) is 0.430. The summed E-state index contributed by atoms with van der Waals surface area (Å²) in [6.07, 6.45) is 0.274. The van der Waals surface area contributed by atoms with Crippen molar-refractivity contribution >= 4 is 27.6 Å². The van der Waals surface area contributed by atoms with Crippen molar-refractivity contribution in [1.29, 1.82) is 0 Å². The molecule has 0 saturated carbocycles. The number of sulfonamides is 1. The topological polar surface area (TPSA) is 122 Å². The van der Waals surface area contributed by atoms with Crippen LogP contribution in [0, 0.1) is 0 Å². The fourth-order valence-corrected chi connectivity index (χ4v) is 2.92. The second kappa shape index (κ2) is 6.55. The highest BCUT2D eigenvalue weighted by molar-refractivity contribution is 7.89. The van der Waals surface area contributed by atoms with Gasteiger partial charge in [0.25, 0.3) is 0 Å². The number of carbonyl (C=O) groups excluding carboxylic acids is 2. The van der Waals surface area contributed by atoms with Crippen LogP contribution in [0.2, 0.25) is 0 Å². The summed E-state index contributed by atoms with van der Waals surface area (Å²) < 4.78 is 22.3. The zero-order chi connectivity index (χ0) is 17.2. The molecule has 4 N–H and O–H groups in total. The molecule has 0 radical (unpaired) electrons. The lowest BCUT2D eigenvalue weighted by atomic mass is 10.2. The Morgan fingerprint density at radius 2 is 1.91 bits per heavy atom. The van der Waals surface area contributed by atoms with Crippen LogP contribution in [-0.4, -0.2) is 43.9 Å². The Hall–Kier alpha value is -2.13. The molecule has 9 heteroatoms. The van der Waals surface area contributed by atoms with Crippen LogP contribution in [-0.2, 0) is 14.8 Å². The number of nitrogens with one attached hydrogen (secondary N) is 2. The first-order valence-electron chi connectivity index (χ1n) is 7.16. The fraction of sp³-hybridized carbons (Fsp3) is 0.429. The minimum Gasteiger partial charge on any atom is -0.338 e. The lowest BCUT2D eigenvalue weighted by molar-refractivity contribution is -0.129. The second-order valence-electron chi connectivity index (χ2n) is 5.71. The van der Waals surface area contributed by atoms with Crippen LogP contribution in [0.5, 0.6) is 0 Å². The lowest BCUT2D eigenvalue weighted by Gasteiger charge is -2.21. The van der Waals surface area contributed by atoms with Crippen molar-refractivity contribution in [3.63, 3.8) is 0 Å². The summed E-state index contributed by atoms with van der Waals surface area (Å²) >= 11 is 0. The van der Waals surface area contributed by atoms with E-state index in [9.17, 15) is 18.0 Å². The molecule has 1 aromatic rings. The first-order chi connectivity index (χ1) is 10.7. The van der Waals surface area contributed by atoms with E-state index in [1.165, 1.54) is 24.3 Å². The molecule has 126 valence electrons. The van der Waals surface area contributed by atoms with E-state index in [1.807, 2.05) is 13.8 Å². The molecule has 1 aliphatic rings. The third-order valence-electron chi connectivity index (χ3n) is 3.56. The molecule has 0 aliphatic carbocycles. The van der Waals surface area contributed by atoms with E-state index in [0.29, 0.717) is 12.2 Å². The van der Waals surface area contributed by atoms with Gasteiger partial charge in [-0.1, -0.05) is 0 Å². The van der Waals surface area contributed by atoms with Gasteiger partial charge in [-0.25, -0.2) is 18.4 Å². The molecule has 0 aromatic heterocycles. The molecule has 3 amide bonds. The number of urea groups is 1. The predicted molar refractivity (Wildman–Crippen MR) is 85.2 cm³/mol. The van der Waals surface area contributed by atoms with E-state index in [0.717, 1.165) is 0 Å². The standard InChI is InChI=1S/C14H20N4O4S/c1-9(2)18-8-11(7-13(18)19)17-14(20)16-10-3-5-12(6-4-10)23(15,21)22/h3-6,9,11H,7-8H2,1-2H3,(H2,15,21,22)(H2,16,17,20). The molecule has 8 nitrogen and oxygen atoms in total. The van der Waals surface area contributed by atoms with Crippen molar-refractivity contribution in [1.82, 2.24) is 10.2 Å². The second-order valence-corrected chi connectivity index (χ2v) is 7.27. The molecule has 1 aromatic carbocycles. The Labute approximate surface area is 135 Å². The van der Waals surface area contributed by atoms with E-state index >= 15 is 0 Å². The van der Waals surface area contributed by atoms with Gasteiger partial charge in [-0.05, 0) is 38.1 Å². The molecule has 1 unspecified atom stereocenters. The van der Waals surface area contributed by atoms with Crippen LogP contribution >= 0.6 is 0 Å². The van der Waals surface area contributed by atoms with Crippen LogP contribution in [0.25, 0.3) is 0 Å². The van der Waals surface area contributed by atoms with Gasteiger partial charge in [-0.2, -0.15) is 0 Å². The largest absolute Gasteiger partial charge is 0.338 e. The maximum absolute atomic E-state index is 11.9. The first-order valence-corrected chi connectivity index (χ1v) is 8.71. The van der Waals surface area contributed by atoms with Crippen LogP contribution < -0.4 is 15.8 Å². The van der Waals surface area contributed by atoms with Gasteiger partial charge in [0.1, 0.15) is 0 Å². The molecule has 23 heavy (non-hydrogen) atoms. The SMILES string of the molecule is CC(C)N1CC(NC(=O)Nc2ccc(S(N)(=O)=O)cc2)CC1=O. The number of nitrogens with zero attached hydrogens (tertiary/aromatic N) is 1. The van der Waals surface area contributed by atoms with Crippen molar-refractivity contribution in [2.45, 2.75) is 37.2 Å². The van der Waals surface area contributed by atoms with Crippen LogP contribution in [0.15, 0.2) is 29.2 Å². The van der Waals surface area contributed by atoms with E-state index in [2.05, 4.69) is 10.6 Å². The van der Waals surface area contributed by atoms with E-state index in [1.54, 1.807) is 4.90 Å². The van der Waals surface area contributed by atoms with Gasteiger partial charge in [0.2, 0.25) is 15.9 Å². The zero-order valence-corrected chi connectivity index (χ0v) is 13.8. The van der Waals surface area contributed by atoms with Gasteiger partial charge in [0.15, 0.2) is 0 Å². The highest BCUT2D eigenvalue weighted by atomic mass is 32.2. The summed E-state index contributed by atoms with van der Waals surface area (Å²) in [6.45, 7) is 4.33. The number of hydrogen-bond acceptors (Lipinski definition) is 4.